The van der Waals surface area contributed by atoms with Crippen molar-refractivity contribution in [2.75, 3.05) is 5.32 Å². The Morgan fingerprint density at radius 3 is 2.55 bits per heavy atom. The zero-order valence-electron chi connectivity index (χ0n) is 10.9. The summed E-state index contributed by atoms with van der Waals surface area (Å²) in [6.45, 7) is 0. The highest BCUT2D eigenvalue weighted by Crippen LogP contribution is 2.27. The Hall–Kier alpha value is -2.49. The molecule has 102 valence electrons. The van der Waals surface area contributed by atoms with E-state index >= 15 is 0 Å². The number of hydrogen-bond acceptors (Lipinski definition) is 3. The van der Waals surface area contributed by atoms with Gasteiger partial charge < -0.3 is 15.5 Å². The van der Waals surface area contributed by atoms with E-state index in [1.807, 2.05) is 18.2 Å². The Morgan fingerprint density at radius 2 is 1.75 bits per heavy atom. The summed E-state index contributed by atoms with van der Waals surface area (Å²) in [5.41, 5.74) is 3.70. The van der Waals surface area contributed by atoms with Crippen molar-refractivity contribution in [2.24, 2.45) is 0 Å². The van der Waals surface area contributed by atoms with Gasteiger partial charge in [0.25, 0.3) is 5.91 Å². The first-order chi connectivity index (χ1) is 9.63. The molecule has 0 spiro atoms. The molecule has 1 amide bonds. The maximum absolute atomic E-state index is 12.1. The first-order valence-electron chi connectivity index (χ1n) is 6.58. The number of aromatic hydroxyl groups is 2. The lowest BCUT2D eigenvalue weighted by Gasteiger charge is -2.08. The highest BCUT2D eigenvalue weighted by Gasteiger charge is 2.13. The quantitative estimate of drug-likeness (QED) is 0.734. The molecule has 0 unspecified atom stereocenters. The van der Waals surface area contributed by atoms with Gasteiger partial charge in [-0.3, -0.25) is 4.79 Å². The second-order valence-electron chi connectivity index (χ2n) is 4.99. The minimum Gasteiger partial charge on any atom is -0.504 e. The molecule has 4 nitrogen and oxygen atoms in total. The molecule has 0 atom stereocenters. The maximum Gasteiger partial charge on any atom is 0.255 e. The number of nitrogens with one attached hydrogen (secondary N) is 1. The molecular formula is C16H15NO3. The van der Waals surface area contributed by atoms with Crippen LogP contribution in [0.25, 0.3) is 0 Å². The summed E-state index contributed by atoms with van der Waals surface area (Å²) < 4.78 is 0. The predicted octanol–water partition coefficient (Wildman–Crippen LogP) is 2.84. The van der Waals surface area contributed by atoms with Gasteiger partial charge in [0.1, 0.15) is 0 Å². The van der Waals surface area contributed by atoms with Crippen molar-refractivity contribution in [3.63, 3.8) is 0 Å². The SMILES string of the molecule is O=C(Nc1ccc2c(c1)CCC2)c1ccc(O)c(O)c1. The topological polar surface area (TPSA) is 69.6 Å². The largest absolute Gasteiger partial charge is 0.504 e. The molecule has 0 saturated heterocycles. The van der Waals surface area contributed by atoms with E-state index in [0.717, 1.165) is 18.5 Å². The van der Waals surface area contributed by atoms with Gasteiger partial charge in [-0.2, -0.15) is 0 Å². The van der Waals surface area contributed by atoms with Gasteiger partial charge in [-0.25, -0.2) is 0 Å². The number of phenols is 2. The van der Waals surface area contributed by atoms with Crippen LogP contribution in [-0.2, 0) is 12.8 Å². The standard InChI is InChI=1S/C16H15NO3/c18-14-7-5-12(9-15(14)19)16(20)17-13-6-4-10-2-1-3-11(10)8-13/h4-9,18-19H,1-3H2,(H,17,20). The number of benzene rings is 2. The normalized spacial score (nSPS) is 13.0. The van der Waals surface area contributed by atoms with Gasteiger partial charge in [-0.05, 0) is 60.7 Å². The molecule has 0 aromatic heterocycles. The Balaban J connectivity index is 1.80. The summed E-state index contributed by atoms with van der Waals surface area (Å²) in [4.78, 5) is 12.1. The number of anilines is 1. The van der Waals surface area contributed by atoms with E-state index in [9.17, 15) is 15.0 Å². The molecule has 4 heteroatoms. The molecule has 0 heterocycles. The van der Waals surface area contributed by atoms with Crippen molar-refractivity contribution >= 4 is 11.6 Å². The zero-order valence-corrected chi connectivity index (χ0v) is 10.9. The van der Waals surface area contributed by atoms with E-state index in [1.54, 1.807) is 0 Å². The second-order valence-corrected chi connectivity index (χ2v) is 4.99. The van der Waals surface area contributed by atoms with Gasteiger partial charge in [0.15, 0.2) is 11.5 Å². The molecule has 3 N–H and O–H groups in total. The van der Waals surface area contributed by atoms with Crippen molar-refractivity contribution in [3.05, 3.63) is 53.1 Å². The maximum atomic E-state index is 12.1. The molecule has 0 bridgehead atoms. The van der Waals surface area contributed by atoms with Crippen LogP contribution in [0.1, 0.15) is 27.9 Å². The average Bonchev–Trinajstić information content (AvgIpc) is 2.89. The van der Waals surface area contributed by atoms with Crippen LogP contribution in [0, 0.1) is 0 Å². The van der Waals surface area contributed by atoms with Gasteiger partial charge in [-0.15, -0.1) is 0 Å². The van der Waals surface area contributed by atoms with Crippen molar-refractivity contribution in [1.82, 2.24) is 0 Å². The van der Waals surface area contributed by atoms with E-state index < -0.39 is 0 Å². The molecular weight excluding hydrogens is 254 g/mol. The van der Waals surface area contributed by atoms with Crippen molar-refractivity contribution in [3.8, 4) is 11.5 Å². The molecule has 0 saturated carbocycles. The number of phenolic OH excluding ortho intramolecular Hbond substituents is 2. The van der Waals surface area contributed by atoms with E-state index in [2.05, 4.69) is 5.32 Å². The summed E-state index contributed by atoms with van der Waals surface area (Å²) in [5, 5.41) is 21.5. The number of hydrogen-bond donors (Lipinski definition) is 3. The molecule has 1 aliphatic carbocycles. The van der Waals surface area contributed by atoms with Crippen molar-refractivity contribution < 1.29 is 15.0 Å². The smallest absolute Gasteiger partial charge is 0.255 e. The average molecular weight is 269 g/mol. The number of carbonyl (C=O) groups is 1. The van der Waals surface area contributed by atoms with Gasteiger partial charge in [-0.1, -0.05) is 6.07 Å². The monoisotopic (exact) mass is 269 g/mol. The van der Waals surface area contributed by atoms with E-state index in [1.165, 1.54) is 35.7 Å². The third kappa shape index (κ3) is 2.32. The summed E-state index contributed by atoms with van der Waals surface area (Å²) >= 11 is 0. The van der Waals surface area contributed by atoms with Gasteiger partial charge in [0.2, 0.25) is 0 Å². The highest BCUT2D eigenvalue weighted by molar-refractivity contribution is 6.04. The fourth-order valence-corrected chi connectivity index (χ4v) is 2.52. The van der Waals surface area contributed by atoms with Gasteiger partial charge >= 0.3 is 0 Å². The van der Waals surface area contributed by atoms with Crippen LogP contribution >= 0.6 is 0 Å². The van der Waals surface area contributed by atoms with Crippen molar-refractivity contribution in [1.29, 1.82) is 0 Å². The lowest BCUT2D eigenvalue weighted by Crippen LogP contribution is -2.11. The minimum atomic E-state index is -0.307. The third-order valence-electron chi connectivity index (χ3n) is 3.59. The first-order valence-corrected chi connectivity index (χ1v) is 6.58. The minimum absolute atomic E-state index is 0.237. The summed E-state index contributed by atoms with van der Waals surface area (Å²) in [6, 6.07) is 9.96. The summed E-state index contributed by atoms with van der Waals surface area (Å²) in [7, 11) is 0. The van der Waals surface area contributed by atoms with Crippen LogP contribution < -0.4 is 5.32 Å². The van der Waals surface area contributed by atoms with Crippen LogP contribution in [0.5, 0.6) is 11.5 Å². The van der Waals surface area contributed by atoms with Gasteiger partial charge in [0, 0.05) is 11.3 Å². The van der Waals surface area contributed by atoms with Crippen molar-refractivity contribution in [2.45, 2.75) is 19.3 Å². The van der Waals surface area contributed by atoms with Crippen LogP contribution in [0.3, 0.4) is 0 Å². The Morgan fingerprint density at radius 1 is 0.950 bits per heavy atom. The van der Waals surface area contributed by atoms with Gasteiger partial charge in [0.05, 0.1) is 0 Å². The molecule has 0 fully saturated rings. The molecule has 2 aromatic rings. The fraction of sp³-hybridized carbons (Fsp3) is 0.188. The number of fused-ring (bicyclic) bond motifs is 1. The summed E-state index contributed by atoms with van der Waals surface area (Å²) in [6.07, 6.45) is 3.33. The number of amides is 1. The third-order valence-corrected chi connectivity index (χ3v) is 3.59. The highest BCUT2D eigenvalue weighted by atomic mass is 16.3. The van der Waals surface area contributed by atoms with Crippen LogP contribution in [0.15, 0.2) is 36.4 Å². The molecule has 2 aromatic carbocycles. The van der Waals surface area contributed by atoms with Crippen LogP contribution in [0.4, 0.5) is 5.69 Å². The van der Waals surface area contributed by atoms with E-state index in [0.29, 0.717) is 5.56 Å². The Bertz CT molecular complexity index is 679. The lowest BCUT2D eigenvalue weighted by molar-refractivity contribution is 0.102. The molecule has 1 aliphatic rings. The summed E-state index contributed by atoms with van der Waals surface area (Å²) in [5.74, 6) is -0.844. The number of rotatable bonds is 2. The Labute approximate surface area is 116 Å². The van der Waals surface area contributed by atoms with E-state index in [4.69, 9.17) is 0 Å². The zero-order chi connectivity index (χ0) is 14.1. The second kappa shape index (κ2) is 4.89. The molecule has 0 radical (unpaired) electrons. The van der Waals surface area contributed by atoms with Crippen LogP contribution in [0.2, 0.25) is 0 Å². The van der Waals surface area contributed by atoms with E-state index in [-0.39, 0.29) is 17.4 Å². The molecule has 3 rings (SSSR count). The first kappa shape index (κ1) is 12.5. The lowest BCUT2D eigenvalue weighted by atomic mass is 10.1. The fourth-order valence-electron chi connectivity index (χ4n) is 2.52. The van der Waals surface area contributed by atoms with Crippen LogP contribution in [-0.4, -0.2) is 16.1 Å². The molecule has 20 heavy (non-hydrogen) atoms. The number of carbonyl (C=O) groups excluding carboxylic acids is 1. The molecule has 0 aliphatic heterocycles. The predicted molar refractivity (Wildman–Crippen MR) is 76.2 cm³/mol. The Kier molecular flexibility index (Phi) is 3.06. The number of aryl methyl sites for hydroxylation is 2.